The number of carbonyl (C=O) groups is 1. The van der Waals surface area contributed by atoms with Gasteiger partial charge in [-0.1, -0.05) is 6.92 Å². The Bertz CT molecular complexity index is 603. The summed E-state index contributed by atoms with van der Waals surface area (Å²) >= 11 is 0. The van der Waals surface area contributed by atoms with Crippen molar-refractivity contribution >= 4 is 17.7 Å². The SMILES string of the molecule is CCC(=O)N1CCC[C@H]1[C@H]1CCCN1c1nc(C)cc(N(C)C)n1. The monoisotopic (exact) mass is 331 g/mol. The zero-order valence-corrected chi connectivity index (χ0v) is 15.3. The van der Waals surface area contributed by atoms with E-state index in [2.05, 4.69) is 9.80 Å². The summed E-state index contributed by atoms with van der Waals surface area (Å²) in [5.41, 5.74) is 0.988. The first-order chi connectivity index (χ1) is 11.5. The lowest BCUT2D eigenvalue weighted by molar-refractivity contribution is -0.132. The fraction of sp³-hybridized carbons (Fsp3) is 0.722. The van der Waals surface area contributed by atoms with Crippen LogP contribution in [-0.2, 0) is 4.79 Å². The quantitative estimate of drug-likeness (QED) is 0.847. The number of aromatic nitrogens is 2. The Morgan fingerprint density at radius 2 is 1.92 bits per heavy atom. The highest BCUT2D eigenvalue weighted by atomic mass is 16.2. The smallest absolute Gasteiger partial charge is 0.227 e. The highest BCUT2D eigenvalue weighted by Crippen LogP contribution is 2.33. The topological polar surface area (TPSA) is 52.6 Å². The lowest BCUT2D eigenvalue weighted by Gasteiger charge is -2.35. The molecule has 0 spiro atoms. The zero-order chi connectivity index (χ0) is 17.3. The van der Waals surface area contributed by atoms with Crippen LogP contribution in [0.3, 0.4) is 0 Å². The Morgan fingerprint density at radius 1 is 1.21 bits per heavy atom. The Hall–Kier alpha value is -1.85. The van der Waals surface area contributed by atoms with Gasteiger partial charge in [-0.25, -0.2) is 4.98 Å². The molecule has 24 heavy (non-hydrogen) atoms. The third kappa shape index (κ3) is 3.19. The number of hydrogen-bond donors (Lipinski definition) is 0. The average molecular weight is 331 g/mol. The standard InChI is InChI=1S/C18H29N5O/c1-5-17(24)22-10-6-8-14(22)15-9-7-11-23(15)18-19-13(2)12-16(20-18)21(3)4/h12,14-15H,5-11H2,1-4H3/t14-,15+/m0/s1. The third-order valence-corrected chi connectivity index (χ3v) is 5.21. The first kappa shape index (κ1) is 17.0. The number of rotatable bonds is 4. The summed E-state index contributed by atoms with van der Waals surface area (Å²) in [5, 5.41) is 0. The summed E-state index contributed by atoms with van der Waals surface area (Å²) in [5.74, 6) is 2.04. The van der Waals surface area contributed by atoms with Gasteiger partial charge >= 0.3 is 0 Å². The van der Waals surface area contributed by atoms with Gasteiger partial charge in [0.1, 0.15) is 5.82 Å². The van der Waals surface area contributed by atoms with Gasteiger partial charge in [0.15, 0.2) is 0 Å². The molecular formula is C18H29N5O. The maximum absolute atomic E-state index is 12.3. The number of aryl methyl sites for hydroxylation is 1. The molecule has 6 heteroatoms. The van der Waals surface area contributed by atoms with Crippen LogP contribution in [0.4, 0.5) is 11.8 Å². The van der Waals surface area contributed by atoms with E-state index in [9.17, 15) is 4.79 Å². The molecule has 2 fully saturated rings. The van der Waals surface area contributed by atoms with Crippen LogP contribution in [0, 0.1) is 6.92 Å². The number of anilines is 2. The summed E-state index contributed by atoms with van der Waals surface area (Å²) in [4.78, 5) is 28.2. The second-order valence-electron chi connectivity index (χ2n) is 7.12. The zero-order valence-electron chi connectivity index (χ0n) is 15.3. The van der Waals surface area contributed by atoms with E-state index in [1.165, 1.54) is 0 Å². The summed E-state index contributed by atoms with van der Waals surface area (Å²) in [6, 6.07) is 2.67. The normalized spacial score (nSPS) is 23.8. The van der Waals surface area contributed by atoms with E-state index in [0.29, 0.717) is 18.5 Å². The number of amides is 1. The highest BCUT2D eigenvalue weighted by Gasteiger charge is 2.40. The summed E-state index contributed by atoms with van der Waals surface area (Å²) < 4.78 is 0. The van der Waals surface area contributed by atoms with Gasteiger partial charge in [-0.05, 0) is 32.6 Å². The van der Waals surface area contributed by atoms with E-state index in [1.54, 1.807) is 0 Å². The molecule has 0 saturated carbocycles. The fourth-order valence-electron chi connectivity index (χ4n) is 4.04. The van der Waals surface area contributed by atoms with E-state index in [4.69, 9.17) is 9.97 Å². The van der Waals surface area contributed by atoms with Crippen molar-refractivity contribution in [2.24, 2.45) is 0 Å². The summed E-state index contributed by atoms with van der Waals surface area (Å²) in [7, 11) is 4.01. The molecular weight excluding hydrogens is 302 g/mol. The van der Waals surface area contributed by atoms with Gasteiger partial charge in [-0.15, -0.1) is 0 Å². The molecule has 6 nitrogen and oxygen atoms in total. The average Bonchev–Trinajstić information content (AvgIpc) is 3.21. The van der Waals surface area contributed by atoms with E-state index in [1.807, 2.05) is 38.9 Å². The second-order valence-corrected chi connectivity index (χ2v) is 7.12. The maximum atomic E-state index is 12.3. The van der Waals surface area contributed by atoms with Crippen molar-refractivity contribution < 1.29 is 4.79 Å². The first-order valence-corrected chi connectivity index (χ1v) is 9.10. The van der Waals surface area contributed by atoms with Crippen molar-refractivity contribution in [1.29, 1.82) is 0 Å². The van der Waals surface area contributed by atoms with Gasteiger partial charge < -0.3 is 14.7 Å². The Kier molecular flexibility index (Phi) is 4.92. The molecule has 0 aromatic carbocycles. The van der Waals surface area contributed by atoms with Crippen LogP contribution in [0.1, 0.15) is 44.7 Å². The molecule has 2 aliphatic rings. The minimum absolute atomic E-state index is 0.281. The lowest BCUT2D eigenvalue weighted by Crippen LogP contribution is -2.48. The van der Waals surface area contributed by atoms with Crippen molar-refractivity contribution in [2.75, 3.05) is 37.0 Å². The maximum Gasteiger partial charge on any atom is 0.227 e. The van der Waals surface area contributed by atoms with E-state index < -0.39 is 0 Å². The van der Waals surface area contributed by atoms with Crippen molar-refractivity contribution in [2.45, 2.75) is 58.0 Å². The highest BCUT2D eigenvalue weighted by molar-refractivity contribution is 5.76. The van der Waals surface area contributed by atoms with Gasteiger partial charge in [0.05, 0.1) is 12.1 Å². The molecule has 1 aromatic heterocycles. The molecule has 3 heterocycles. The van der Waals surface area contributed by atoms with Crippen LogP contribution in [0.5, 0.6) is 0 Å². The Morgan fingerprint density at radius 3 is 2.62 bits per heavy atom. The van der Waals surface area contributed by atoms with Crippen LogP contribution >= 0.6 is 0 Å². The number of hydrogen-bond acceptors (Lipinski definition) is 5. The van der Waals surface area contributed by atoms with Crippen molar-refractivity contribution in [3.63, 3.8) is 0 Å². The third-order valence-electron chi connectivity index (χ3n) is 5.21. The summed E-state index contributed by atoms with van der Waals surface area (Å²) in [6.07, 6.45) is 5.06. The Balaban J connectivity index is 1.87. The van der Waals surface area contributed by atoms with Crippen LogP contribution in [-0.4, -0.2) is 60.0 Å². The predicted octanol–water partition coefficient (Wildman–Crippen LogP) is 2.22. The summed E-state index contributed by atoms with van der Waals surface area (Å²) in [6.45, 7) is 5.86. The molecule has 0 radical (unpaired) electrons. The molecule has 0 unspecified atom stereocenters. The van der Waals surface area contributed by atoms with E-state index in [-0.39, 0.29) is 5.91 Å². The molecule has 1 aromatic rings. The molecule has 0 aliphatic carbocycles. The van der Waals surface area contributed by atoms with E-state index in [0.717, 1.165) is 56.2 Å². The minimum Gasteiger partial charge on any atom is -0.363 e. The van der Waals surface area contributed by atoms with Gasteiger partial charge in [0, 0.05) is 45.4 Å². The minimum atomic E-state index is 0.281. The van der Waals surface area contributed by atoms with Crippen LogP contribution in [0.2, 0.25) is 0 Å². The molecule has 132 valence electrons. The molecule has 0 bridgehead atoms. The van der Waals surface area contributed by atoms with Gasteiger partial charge in [-0.3, -0.25) is 4.79 Å². The van der Waals surface area contributed by atoms with Gasteiger partial charge in [-0.2, -0.15) is 4.98 Å². The van der Waals surface area contributed by atoms with Crippen molar-refractivity contribution in [1.82, 2.24) is 14.9 Å². The molecule has 1 amide bonds. The van der Waals surface area contributed by atoms with Crippen molar-refractivity contribution in [3.05, 3.63) is 11.8 Å². The predicted molar refractivity (Wildman–Crippen MR) is 96.5 cm³/mol. The number of nitrogens with zero attached hydrogens (tertiary/aromatic N) is 5. The van der Waals surface area contributed by atoms with Crippen LogP contribution in [0.25, 0.3) is 0 Å². The molecule has 2 aliphatic heterocycles. The van der Waals surface area contributed by atoms with Gasteiger partial charge in [0.2, 0.25) is 11.9 Å². The van der Waals surface area contributed by atoms with Crippen LogP contribution < -0.4 is 9.80 Å². The van der Waals surface area contributed by atoms with Gasteiger partial charge in [0.25, 0.3) is 0 Å². The molecule has 2 atom stereocenters. The number of likely N-dealkylation sites (tertiary alicyclic amines) is 1. The van der Waals surface area contributed by atoms with Crippen molar-refractivity contribution in [3.8, 4) is 0 Å². The number of carbonyl (C=O) groups excluding carboxylic acids is 1. The lowest BCUT2D eigenvalue weighted by atomic mass is 10.0. The molecule has 0 N–H and O–H groups in total. The van der Waals surface area contributed by atoms with Crippen LogP contribution in [0.15, 0.2) is 6.07 Å². The largest absolute Gasteiger partial charge is 0.363 e. The van der Waals surface area contributed by atoms with E-state index >= 15 is 0 Å². The molecule has 3 rings (SSSR count). The Labute approximate surface area is 144 Å². The molecule has 2 saturated heterocycles. The fourth-order valence-corrected chi connectivity index (χ4v) is 4.04. The second kappa shape index (κ2) is 6.95. The first-order valence-electron chi connectivity index (χ1n) is 9.10.